The van der Waals surface area contributed by atoms with E-state index in [1.54, 1.807) is 0 Å². The van der Waals surface area contributed by atoms with Gasteiger partial charge in [-0.25, -0.2) is 22.3 Å². The average molecular weight is 362 g/mol. The van der Waals surface area contributed by atoms with Crippen LogP contribution in [-0.2, 0) is 26.2 Å². The van der Waals surface area contributed by atoms with Gasteiger partial charge in [0.15, 0.2) is 0 Å². The van der Waals surface area contributed by atoms with Gasteiger partial charge in [-0.3, -0.25) is 12.2 Å². The van der Waals surface area contributed by atoms with Crippen molar-refractivity contribution in [2.75, 3.05) is 0 Å². The van der Waals surface area contributed by atoms with Crippen molar-refractivity contribution < 1.29 is 26.2 Å². The molecule has 0 aromatic rings. The van der Waals surface area contributed by atoms with Gasteiger partial charge in [-0.1, -0.05) is 65.2 Å². The topological polar surface area (TPSA) is 0 Å². The minimum absolute atomic E-state index is 0. The second-order valence-electron chi connectivity index (χ2n) is 5.83. The van der Waals surface area contributed by atoms with Crippen molar-refractivity contribution in [3.63, 3.8) is 0 Å². The van der Waals surface area contributed by atoms with E-state index in [9.17, 15) is 0 Å². The van der Waals surface area contributed by atoms with E-state index in [0.717, 1.165) is 12.8 Å². The van der Waals surface area contributed by atoms with E-state index in [1.807, 2.05) is 0 Å². The molecule has 0 saturated heterocycles. The first-order valence-electron chi connectivity index (χ1n) is 8.22. The fourth-order valence-electron chi connectivity index (χ4n) is 2.43. The molecule has 0 fully saturated rings. The molecule has 0 amide bonds. The molecule has 0 atom stereocenters. The Bertz CT molecular complexity index is 368. The number of hydrogen-bond donors (Lipinski definition) is 0. The Balaban J connectivity index is 0.000000364. The van der Waals surface area contributed by atoms with E-state index in [-0.39, 0.29) is 26.2 Å². The van der Waals surface area contributed by atoms with Crippen molar-refractivity contribution in [3.05, 3.63) is 46.6 Å². The van der Waals surface area contributed by atoms with Crippen molar-refractivity contribution in [3.8, 4) is 0 Å². The van der Waals surface area contributed by atoms with Crippen molar-refractivity contribution in [1.29, 1.82) is 0 Å². The van der Waals surface area contributed by atoms with E-state index in [1.165, 1.54) is 60.8 Å². The van der Waals surface area contributed by atoms with E-state index >= 15 is 0 Å². The normalized spacial score (nSPS) is 16.2. The predicted molar refractivity (Wildman–Crippen MR) is 89.3 cm³/mol. The van der Waals surface area contributed by atoms with Gasteiger partial charge in [0, 0.05) is 0 Å². The molecule has 0 heterocycles. The Morgan fingerprint density at radius 2 is 1.19 bits per heavy atom. The molecule has 0 radical (unpaired) electrons. The van der Waals surface area contributed by atoms with Crippen LogP contribution in [0.15, 0.2) is 34.4 Å². The Hall–Kier alpha value is -0.157. The maximum Gasteiger partial charge on any atom is 2.00 e. The predicted octanol–water partition coefficient (Wildman–Crippen LogP) is 6.51. The van der Waals surface area contributed by atoms with Gasteiger partial charge in [0.05, 0.1) is 0 Å². The smallest absolute Gasteiger partial charge is 0.253 e. The van der Waals surface area contributed by atoms with Crippen molar-refractivity contribution in [1.82, 2.24) is 0 Å². The molecule has 0 aromatic carbocycles. The van der Waals surface area contributed by atoms with E-state index in [0.29, 0.717) is 0 Å². The molecule has 2 aliphatic rings. The van der Waals surface area contributed by atoms with Crippen LogP contribution < -0.4 is 0 Å². The summed E-state index contributed by atoms with van der Waals surface area (Å²) in [5, 5.41) is 0. The first kappa shape index (κ1) is 20.8. The molecule has 114 valence electrons. The average Bonchev–Trinajstić information content (AvgIpc) is 3.04. The molecule has 2 rings (SSSR count). The maximum atomic E-state index is 3.30. The van der Waals surface area contributed by atoms with Gasteiger partial charge >= 0.3 is 26.2 Å². The third-order valence-electron chi connectivity index (χ3n) is 3.96. The summed E-state index contributed by atoms with van der Waals surface area (Å²) in [5.41, 5.74) is 5.96. The monoisotopic (exact) mass is 360 g/mol. The van der Waals surface area contributed by atoms with Crippen LogP contribution in [0.1, 0.15) is 79.1 Å². The Kier molecular flexibility index (Phi) is 12.3. The molecule has 0 aromatic heterocycles. The van der Waals surface area contributed by atoms with Crippen molar-refractivity contribution >= 4 is 0 Å². The molecule has 0 bridgehead atoms. The fourth-order valence-corrected chi connectivity index (χ4v) is 2.43. The SMILES string of the molecule is CCCCC1=C(C)CC=[C-]1.CCCCC1=C(C)CC=[C-]1.[Zr+2]. The summed E-state index contributed by atoms with van der Waals surface area (Å²) >= 11 is 0. The molecule has 0 saturated carbocycles. The standard InChI is InChI=1S/2C10H15.Zr/c2*1-3-4-7-10-8-5-6-9(10)2;/h2*5H,3-4,6-7H2,1-2H3;/q2*-1;+2. The van der Waals surface area contributed by atoms with E-state index < -0.39 is 0 Å². The van der Waals surface area contributed by atoms with Gasteiger partial charge in [0.2, 0.25) is 0 Å². The minimum atomic E-state index is 0. The van der Waals surface area contributed by atoms with Crippen molar-refractivity contribution in [2.45, 2.75) is 79.1 Å². The molecular formula is C20H30Zr. The van der Waals surface area contributed by atoms with Crippen LogP contribution in [-0.4, -0.2) is 0 Å². The summed E-state index contributed by atoms with van der Waals surface area (Å²) in [6.45, 7) is 8.88. The summed E-state index contributed by atoms with van der Waals surface area (Å²) in [6.07, 6.45) is 20.8. The summed E-state index contributed by atoms with van der Waals surface area (Å²) in [5.74, 6) is 0. The number of allylic oxidation sites excluding steroid dienone is 8. The van der Waals surface area contributed by atoms with Crippen LogP contribution in [0.4, 0.5) is 0 Å². The molecular weight excluding hydrogens is 331 g/mol. The molecule has 21 heavy (non-hydrogen) atoms. The summed E-state index contributed by atoms with van der Waals surface area (Å²) < 4.78 is 0. The second-order valence-corrected chi connectivity index (χ2v) is 5.83. The maximum absolute atomic E-state index is 3.30. The van der Waals surface area contributed by atoms with Gasteiger partial charge < -0.3 is 0 Å². The first-order chi connectivity index (χ1) is 9.69. The van der Waals surface area contributed by atoms with Gasteiger partial charge in [-0.15, -0.1) is 13.8 Å². The zero-order chi connectivity index (χ0) is 14.8. The van der Waals surface area contributed by atoms with Gasteiger partial charge in [-0.2, -0.15) is 12.2 Å². The van der Waals surface area contributed by atoms with Gasteiger partial charge in [-0.05, 0) is 0 Å². The van der Waals surface area contributed by atoms with Gasteiger partial charge in [0.25, 0.3) is 0 Å². The molecule has 0 nitrogen and oxygen atoms in total. The number of hydrogen-bond acceptors (Lipinski definition) is 0. The largest absolute Gasteiger partial charge is 2.00 e. The molecule has 0 aliphatic heterocycles. The molecule has 0 spiro atoms. The van der Waals surface area contributed by atoms with Gasteiger partial charge in [0.1, 0.15) is 0 Å². The summed E-state index contributed by atoms with van der Waals surface area (Å²) in [4.78, 5) is 0. The zero-order valence-electron chi connectivity index (χ0n) is 14.3. The molecule has 1 heteroatoms. The number of unbranched alkanes of at least 4 members (excludes halogenated alkanes) is 2. The van der Waals surface area contributed by atoms with Crippen LogP contribution in [0.5, 0.6) is 0 Å². The van der Waals surface area contributed by atoms with Crippen LogP contribution in [0.25, 0.3) is 0 Å². The molecule has 0 N–H and O–H groups in total. The molecule has 0 unspecified atom stereocenters. The summed E-state index contributed by atoms with van der Waals surface area (Å²) in [7, 11) is 0. The van der Waals surface area contributed by atoms with E-state index in [2.05, 4.69) is 52.0 Å². The third-order valence-corrected chi connectivity index (χ3v) is 3.96. The van der Waals surface area contributed by atoms with Crippen LogP contribution in [0.2, 0.25) is 0 Å². The van der Waals surface area contributed by atoms with Crippen LogP contribution >= 0.6 is 0 Å². The minimum Gasteiger partial charge on any atom is -0.253 e. The Labute approximate surface area is 151 Å². The third kappa shape index (κ3) is 8.15. The van der Waals surface area contributed by atoms with Crippen LogP contribution in [0.3, 0.4) is 0 Å². The quantitative estimate of drug-likeness (QED) is 0.473. The Morgan fingerprint density at radius 1 is 0.810 bits per heavy atom. The number of rotatable bonds is 6. The Morgan fingerprint density at radius 3 is 1.43 bits per heavy atom. The van der Waals surface area contributed by atoms with Crippen LogP contribution in [0, 0.1) is 12.2 Å². The van der Waals surface area contributed by atoms with E-state index in [4.69, 9.17) is 0 Å². The first-order valence-corrected chi connectivity index (χ1v) is 8.22. The zero-order valence-corrected chi connectivity index (χ0v) is 16.8. The summed E-state index contributed by atoms with van der Waals surface area (Å²) in [6, 6.07) is 0. The second kappa shape index (κ2) is 12.4. The molecule has 2 aliphatic carbocycles. The van der Waals surface area contributed by atoms with Crippen molar-refractivity contribution in [2.24, 2.45) is 0 Å². The fraction of sp³-hybridized carbons (Fsp3) is 0.600.